The molecule has 1 amide bonds. The van der Waals surface area contributed by atoms with Crippen molar-refractivity contribution in [1.29, 1.82) is 0 Å². The number of aryl methyl sites for hydroxylation is 3. The highest BCUT2D eigenvalue weighted by molar-refractivity contribution is 5.95. The third-order valence-corrected chi connectivity index (χ3v) is 3.45. The molecule has 6 heteroatoms. The first-order chi connectivity index (χ1) is 10.9. The lowest BCUT2D eigenvalue weighted by Crippen LogP contribution is -2.22. The van der Waals surface area contributed by atoms with Gasteiger partial charge in [0.05, 0.1) is 11.5 Å². The lowest BCUT2D eigenvalue weighted by Gasteiger charge is -2.11. The van der Waals surface area contributed by atoms with Crippen LogP contribution >= 0.6 is 0 Å². The molecule has 2 N–H and O–H groups in total. The fraction of sp³-hybridized carbons (Fsp3) is 0.235. The average molecular weight is 313 g/mol. The fourth-order valence-electron chi connectivity index (χ4n) is 2.28. The SMILES string of the molecule is Cc1ccc(NCC(=O)Nc2ccc(C)cc2[N+](=O)[O-])c(C)c1. The van der Waals surface area contributed by atoms with Gasteiger partial charge in [0, 0.05) is 11.8 Å². The maximum Gasteiger partial charge on any atom is 0.293 e. The second kappa shape index (κ2) is 6.91. The van der Waals surface area contributed by atoms with E-state index >= 15 is 0 Å². The number of rotatable bonds is 5. The zero-order chi connectivity index (χ0) is 17.0. The normalized spacial score (nSPS) is 10.2. The highest BCUT2D eigenvalue weighted by Crippen LogP contribution is 2.25. The predicted octanol–water partition coefficient (Wildman–Crippen LogP) is 3.57. The van der Waals surface area contributed by atoms with Crippen molar-refractivity contribution in [1.82, 2.24) is 0 Å². The topological polar surface area (TPSA) is 84.3 Å². The summed E-state index contributed by atoms with van der Waals surface area (Å²) >= 11 is 0. The Morgan fingerprint density at radius 3 is 2.26 bits per heavy atom. The highest BCUT2D eigenvalue weighted by atomic mass is 16.6. The van der Waals surface area contributed by atoms with Crippen LogP contribution < -0.4 is 10.6 Å². The van der Waals surface area contributed by atoms with Crippen LogP contribution in [0.2, 0.25) is 0 Å². The minimum absolute atomic E-state index is 0.0366. The zero-order valence-electron chi connectivity index (χ0n) is 13.3. The number of carbonyl (C=O) groups is 1. The maximum atomic E-state index is 12.0. The first kappa shape index (κ1) is 16.5. The summed E-state index contributed by atoms with van der Waals surface area (Å²) in [6, 6.07) is 10.6. The molecule has 120 valence electrons. The van der Waals surface area contributed by atoms with Crippen molar-refractivity contribution < 1.29 is 9.72 Å². The van der Waals surface area contributed by atoms with E-state index in [0.717, 1.165) is 22.4 Å². The van der Waals surface area contributed by atoms with Gasteiger partial charge in [0.15, 0.2) is 0 Å². The van der Waals surface area contributed by atoms with Gasteiger partial charge in [-0.3, -0.25) is 14.9 Å². The van der Waals surface area contributed by atoms with Crippen LogP contribution in [-0.4, -0.2) is 17.4 Å². The lowest BCUT2D eigenvalue weighted by molar-refractivity contribution is -0.384. The van der Waals surface area contributed by atoms with Crippen LogP contribution in [0.1, 0.15) is 16.7 Å². The van der Waals surface area contributed by atoms with Crippen LogP contribution in [0.5, 0.6) is 0 Å². The van der Waals surface area contributed by atoms with Crippen molar-refractivity contribution in [3.63, 3.8) is 0 Å². The third-order valence-electron chi connectivity index (χ3n) is 3.45. The van der Waals surface area contributed by atoms with Gasteiger partial charge in [-0.15, -0.1) is 0 Å². The summed E-state index contributed by atoms with van der Waals surface area (Å²) in [7, 11) is 0. The van der Waals surface area contributed by atoms with Gasteiger partial charge in [-0.2, -0.15) is 0 Å². The summed E-state index contributed by atoms with van der Waals surface area (Å²) in [6.45, 7) is 5.76. The molecular weight excluding hydrogens is 294 g/mol. The Balaban J connectivity index is 2.04. The minimum atomic E-state index is -0.500. The molecule has 0 heterocycles. The second-order valence-electron chi connectivity index (χ2n) is 5.50. The molecule has 0 saturated carbocycles. The number of nitro groups is 1. The van der Waals surface area contributed by atoms with E-state index in [1.807, 2.05) is 32.0 Å². The number of hydrogen-bond acceptors (Lipinski definition) is 4. The molecule has 23 heavy (non-hydrogen) atoms. The molecular formula is C17H19N3O3. The Morgan fingerprint density at radius 2 is 1.65 bits per heavy atom. The summed E-state index contributed by atoms with van der Waals surface area (Å²) in [5.41, 5.74) is 3.91. The number of nitro benzene ring substituents is 1. The van der Waals surface area contributed by atoms with Gasteiger partial charge >= 0.3 is 0 Å². The largest absolute Gasteiger partial charge is 0.376 e. The number of benzene rings is 2. The van der Waals surface area contributed by atoms with E-state index in [2.05, 4.69) is 10.6 Å². The van der Waals surface area contributed by atoms with Gasteiger partial charge in [-0.25, -0.2) is 0 Å². The maximum absolute atomic E-state index is 12.0. The molecule has 0 aliphatic heterocycles. The molecule has 6 nitrogen and oxygen atoms in total. The quantitative estimate of drug-likeness (QED) is 0.653. The number of nitrogens with zero attached hydrogens (tertiary/aromatic N) is 1. The second-order valence-corrected chi connectivity index (χ2v) is 5.50. The van der Waals surface area contributed by atoms with Crippen molar-refractivity contribution >= 4 is 23.0 Å². The highest BCUT2D eigenvalue weighted by Gasteiger charge is 2.15. The minimum Gasteiger partial charge on any atom is -0.376 e. The summed E-state index contributed by atoms with van der Waals surface area (Å²) in [4.78, 5) is 22.6. The summed E-state index contributed by atoms with van der Waals surface area (Å²) in [5, 5.41) is 16.7. The van der Waals surface area contributed by atoms with Crippen molar-refractivity contribution in [2.75, 3.05) is 17.2 Å². The Hall–Kier alpha value is -2.89. The van der Waals surface area contributed by atoms with E-state index in [-0.39, 0.29) is 23.8 Å². The molecule has 0 aliphatic rings. The van der Waals surface area contributed by atoms with Crippen molar-refractivity contribution in [3.8, 4) is 0 Å². The molecule has 0 radical (unpaired) electrons. The molecule has 0 saturated heterocycles. The standard InChI is InChI=1S/C17H19N3O3/c1-11-4-6-14(13(3)8-11)18-10-17(21)19-15-7-5-12(2)9-16(15)20(22)23/h4-9,18H,10H2,1-3H3,(H,19,21). The molecule has 0 fully saturated rings. The first-order valence-corrected chi connectivity index (χ1v) is 7.23. The number of amides is 1. The molecule has 2 aromatic carbocycles. The molecule has 0 aliphatic carbocycles. The van der Waals surface area contributed by atoms with Gasteiger partial charge in [-0.1, -0.05) is 23.8 Å². The van der Waals surface area contributed by atoms with Crippen LogP contribution in [0.3, 0.4) is 0 Å². The van der Waals surface area contributed by atoms with Crippen LogP contribution in [0.25, 0.3) is 0 Å². The van der Waals surface area contributed by atoms with E-state index < -0.39 is 4.92 Å². The van der Waals surface area contributed by atoms with Gasteiger partial charge in [-0.05, 0) is 44.0 Å². The summed E-state index contributed by atoms with van der Waals surface area (Å²) in [5.74, 6) is -0.336. The van der Waals surface area contributed by atoms with Crippen LogP contribution in [0.4, 0.5) is 17.1 Å². The monoisotopic (exact) mass is 313 g/mol. The van der Waals surface area contributed by atoms with E-state index in [1.165, 1.54) is 6.07 Å². The van der Waals surface area contributed by atoms with Crippen molar-refractivity contribution in [3.05, 3.63) is 63.2 Å². The number of anilines is 2. The van der Waals surface area contributed by atoms with E-state index in [9.17, 15) is 14.9 Å². The smallest absolute Gasteiger partial charge is 0.293 e. The molecule has 2 aromatic rings. The predicted molar refractivity (Wildman–Crippen MR) is 90.9 cm³/mol. The van der Waals surface area contributed by atoms with Gasteiger partial charge < -0.3 is 10.6 Å². The van der Waals surface area contributed by atoms with Gasteiger partial charge in [0.25, 0.3) is 5.69 Å². The third kappa shape index (κ3) is 4.29. The van der Waals surface area contributed by atoms with Crippen LogP contribution in [0, 0.1) is 30.9 Å². The Bertz CT molecular complexity index is 757. The number of nitrogens with one attached hydrogen (secondary N) is 2. The Morgan fingerprint density at radius 1 is 1.04 bits per heavy atom. The van der Waals surface area contributed by atoms with Crippen molar-refractivity contribution in [2.45, 2.75) is 20.8 Å². The summed E-state index contributed by atoms with van der Waals surface area (Å²) < 4.78 is 0. The molecule has 0 spiro atoms. The van der Waals surface area contributed by atoms with Gasteiger partial charge in [0.1, 0.15) is 5.69 Å². The molecule has 0 atom stereocenters. The summed E-state index contributed by atoms with van der Waals surface area (Å²) in [6.07, 6.45) is 0. The Kier molecular flexibility index (Phi) is 4.95. The zero-order valence-corrected chi connectivity index (χ0v) is 13.3. The van der Waals surface area contributed by atoms with E-state index in [4.69, 9.17) is 0 Å². The number of hydrogen-bond donors (Lipinski definition) is 2. The fourth-order valence-corrected chi connectivity index (χ4v) is 2.28. The van der Waals surface area contributed by atoms with Crippen molar-refractivity contribution in [2.24, 2.45) is 0 Å². The molecule has 0 bridgehead atoms. The molecule has 2 rings (SSSR count). The molecule has 0 aromatic heterocycles. The van der Waals surface area contributed by atoms with Gasteiger partial charge in [0.2, 0.25) is 5.91 Å². The van der Waals surface area contributed by atoms with Crippen LogP contribution in [0.15, 0.2) is 36.4 Å². The van der Waals surface area contributed by atoms with Crippen LogP contribution in [-0.2, 0) is 4.79 Å². The average Bonchev–Trinajstić information content (AvgIpc) is 2.48. The number of carbonyl (C=O) groups excluding carboxylic acids is 1. The lowest BCUT2D eigenvalue weighted by atomic mass is 10.1. The van der Waals surface area contributed by atoms with E-state index in [1.54, 1.807) is 19.1 Å². The molecule has 0 unspecified atom stereocenters. The Labute approximate surface area is 134 Å². The first-order valence-electron chi connectivity index (χ1n) is 7.23. The van der Waals surface area contributed by atoms with E-state index in [0.29, 0.717) is 0 Å².